The van der Waals surface area contributed by atoms with Gasteiger partial charge in [0.2, 0.25) is 10.0 Å². The number of nitrogens with zero attached hydrogens (tertiary/aromatic N) is 2. The predicted octanol–water partition coefficient (Wildman–Crippen LogP) is 0.305. The lowest BCUT2D eigenvalue weighted by molar-refractivity contribution is 0.431. The van der Waals surface area contributed by atoms with Crippen molar-refractivity contribution >= 4 is 41.6 Å². The lowest BCUT2D eigenvalue weighted by Crippen LogP contribution is -2.43. The van der Waals surface area contributed by atoms with Crippen LogP contribution in [0.2, 0.25) is 0 Å². The van der Waals surface area contributed by atoms with Crippen molar-refractivity contribution in [3.63, 3.8) is 0 Å². The molecule has 1 aliphatic heterocycles. The summed E-state index contributed by atoms with van der Waals surface area (Å²) in [7, 11) is -5.31. The van der Waals surface area contributed by atoms with E-state index in [4.69, 9.17) is 0 Å². The van der Waals surface area contributed by atoms with E-state index >= 15 is 0 Å². The van der Waals surface area contributed by atoms with E-state index in [1.807, 2.05) is 0 Å². The number of sulfone groups is 1. The zero-order chi connectivity index (χ0) is 15.0. The van der Waals surface area contributed by atoms with Gasteiger partial charge in [-0.3, -0.25) is 0 Å². The van der Waals surface area contributed by atoms with Gasteiger partial charge in [0.15, 0.2) is 9.84 Å². The average Bonchev–Trinajstić information content (AvgIpc) is 2.38. The molecule has 0 aromatic carbocycles. The summed E-state index contributed by atoms with van der Waals surface area (Å²) in [5.41, 5.74) is 0. The molecule has 0 unspecified atom stereocenters. The second-order valence-corrected chi connectivity index (χ2v) is 9.43. The number of aromatic nitrogens is 1. The van der Waals surface area contributed by atoms with Crippen LogP contribution < -0.4 is 5.32 Å². The monoisotopic (exact) mass is 383 g/mol. The third-order valence-corrected chi connectivity index (χ3v) is 6.93. The molecule has 0 saturated carbocycles. The maximum Gasteiger partial charge on any atom is 0.246 e. The van der Waals surface area contributed by atoms with Gasteiger partial charge in [0.25, 0.3) is 0 Å². The van der Waals surface area contributed by atoms with Gasteiger partial charge >= 0.3 is 0 Å². The first kappa shape index (κ1) is 15.7. The van der Waals surface area contributed by atoms with Gasteiger partial charge in [0.05, 0.1) is 11.5 Å². The number of pyridine rings is 1. The van der Waals surface area contributed by atoms with Gasteiger partial charge in [-0.2, -0.15) is 4.31 Å². The fourth-order valence-corrected chi connectivity index (χ4v) is 5.41. The summed E-state index contributed by atoms with van der Waals surface area (Å²) in [5.74, 6) is -0.0629. The Morgan fingerprint density at radius 1 is 1.35 bits per heavy atom. The second-order valence-electron chi connectivity index (χ2n) is 4.31. The Labute approximate surface area is 126 Å². The zero-order valence-corrected chi connectivity index (χ0v) is 13.9. The summed E-state index contributed by atoms with van der Waals surface area (Å²) in [4.78, 5) is 4.04. The molecular formula is C10H14BrN3O4S2. The molecule has 0 aliphatic carbocycles. The van der Waals surface area contributed by atoms with Gasteiger partial charge < -0.3 is 5.32 Å². The van der Waals surface area contributed by atoms with Crippen molar-refractivity contribution in [2.24, 2.45) is 0 Å². The molecule has 10 heteroatoms. The molecule has 0 atom stereocenters. The predicted molar refractivity (Wildman–Crippen MR) is 78.9 cm³/mol. The van der Waals surface area contributed by atoms with Crippen LogP contribution >= 0.6 is 15.9 Å². The van der Waals surface area contributed by atoms with Crippen molar-refractivity contribution in [1.29, 1.82) is 0 Å². The van der Waals surface area contributed by atoms with Crippen LogP contribution in [0.5, 0.6) is 0 Å². The van der Waals surface area contributed by atoms with Crippen LogP contribution in [0.15, 0.2) is 21.6 Å². The molecule has 1 aromatic rings. The van der Waals surface area contributed by atoms with Crippen LogP contribution in [-0.2, 0) is 19.9 Å². The van der Waals surface area contributed by atoms with Gasteiger partial charge in [0, 0.05) is 30.8 Å². The molecule has 2 rings (SSSR count). The molecule has 112 valence electrons. The zero-order valence-electron chi connectivity index (χ0n) is 10.7. The summed E-state index contributed by atoms with van der Waals surface area (Å²) in [6.45, 7) is -0.0549. The van der Waals surface area contributed by atoms with E-state index in [-0.39, 0.29) is 35.3 Å². The summed E-state index contributed by atoms with van der Waals surface area (Å²) in [6, 6.07) is 1.46. The summed E-state index contributed by atoms with van der Waals surface area (Å²) in [6.07, 6.45) is 1.49. The van der Waals surface area contributed by atoms with E-state index in [1.165, 1.54) is 16.6 Å². The van der Waals surface area contributed by atoms with Crippen LogP contribution in [0.1, 0.15) is 0 Å². The highest BCUT2D eigenvalue weighted by Crippen LogP contribution is 2.26. The van der Waals surface area contributed by atoms with Gasteiger partial charge in [-0.1, -0.05) is 0 Å². The van der Waals surface area contributed by atoms with Crippen LogP contribution in [0, 0.1) is 0 Å². The number of hydrogen-bond donors (Lipinski definition) is 1. The fraction of sp³-hybridized carbons (Fsp3) is 0.500. The molecule has 1 N–H and O–H groups in total. The van der Waals surface area contributed by atoms with E-state index in [1.54, 1.807) is 7.05 Å². The first-order chi connectivity index (χ1) is 9.26. The maximum absolute atomic E-state index is 12.6. The first-order valence-electron chi connectivity index (χ1n) is 5.80. The standard InChI is InChI=1S/C10H14BrN3O4S2/c1-12-10-9(6-8(11)7-13-10)20(17,18)14-2-4-19(15,16)5-3-14/h6-7H,2-5H2,1H3,(H,12,13). The van der Waals surface area contributed by atoms with Gasteiger partial charge in [-0.05, 0) is 22.0 Å². The third kappa shape index (κ3) is 3.13. The quantitative estimate of drug-likeness (QED) is 0.806. The highest BCUT2D eigenvalue weighted by molar-refractivity contribution is 9.10. The van der Waals surface area contributed by atoms with E-state index in [0.29, 0.717) is 4.47 Å². The van der Waals surface area contributed by atoms with E-state index in [0.717, 1.165) is 0 Å². The van der Waals surface area contributed by atoms with E-state index in [9.17, 15) is 16.8 Å². The molecule has 0 amide bonds. The summed E-state index contributed by atoms with van der Waals surface area (Å²) < 4.78 is 49.6. The average molecular weight is 384 g/mol. The minimum atomic E-state index is -3.76. The van der Waals surface area contributed by atoms with Crippen molar-refractivity contribution in [2.45, 2.75) is 4.90 Å². The van der Waals surface area contributed by atoms with E-state index < -0.39 is 19.9 Å². The third-order valence-electron chi connectivity index (χ3n) is 2.98. The largest absolute Gasteiger partial charge is 0.372 e. The molecule has 2 heterocycles. The van der Waals surface area contributed by atoms with Crippen LogP contribution in [0.25, 0.3) is 0 Å². The molecule has 0 radical (unpaired) electrons. The molecular weight excluding hydrogens is 370 g/mol. The lowest BCUT2D eigenvalue weighted by atomic mass is 10.4. The van der Waals surface area contributed by atoms with Crippen LogP contribution in [0.3, 0.4) is 0 Å². The Morgan fingerprint density at radius 2 is 1.95 bits per heavy atom. The Bertz CT molecular complexity index is 704. The Morgan fingerprint density at radius 3 is 2.50 bits per heavy atom. The van der Waals surface area contributed by atoms with Gasteiger partial charge in [-0.25, -0.2) is 21.8 Å². The topological polar surface area (TPSA) is 96.4 Å². The second kappa shape index (κ2) is 5.58. The van der Waals surface area contributed by atoms with Crippen LogP contribution in [-0.4, -0.2) is 57.8 Å². The molecule has 1 aromatic heterocycles. The summed E-state index contributed by atoms with van der Waals surface area (Å²) in [5, 5.41) is 2.73. The molecule has 7 nitrogen and oxygen atoms in total. The minimum Gasteiger partial charge on any atom is -0.372 e. The molecule has 20 heavy (non-hydrogen) atoms. The molecule has 1 aliphatic rings. The molecule has 1 saturated heterocycles. The molecule has 1 fully saturated rings. The smallest absolute Gasteiger partial charge is 0.246 e. The van der Waals surface area contributed by atoms with Gasteiger partial charge in [0.1, 0.15) is 10.7 Å². The molecule has 0 bridgehead atoms. The van der Waals surface area contributed by atoms with Gasteiger partial charge in [-0.15, -0.1) is 0 Å². The fourth-order valence-electron chi connectivity index (χ4n) is 1.88. The normalized spacial score (nSPS) is 19.7. The molecule has 0 spiro atoms. The van der Waals surface area contributed by atoms with Crippen molar-refractivity contribution in [1.82, 2.24) is 9.29 Å². The number of hydrogen-bond acceptors (Lipinski definition) is 6. The number of rotatable bonds is 3. The Kier molecular flexibility index (Phi) is 4.38. The summed E-state index contributed by atoms with van der Waals surface area (Å²) >= 11 is 3.19. The highest BCUT2D eigenvalue weighted by Gasteiger charge is 2.33. The van der Waals surface area contributed by atoms with Crippen molar-refractivity contribution in [3.05, 3.63) is 16.7 Å². The lowest BCUT2D eigenvalue weighted by Gasteiger charge is -2.26. The Balaban J connectivity index is 2.39. The number of sulfonamides is 1. The number of halogens is 1. The maximum atomic E-state index is 12.6. The number of nitrogens with one attached hydrogen (secondary N) is 1. The van der Waals surface area contributed by atoms with Crippen molar-refractivity contribution in [3.8, 4) is 0 Å². The van der Waals surface area contributed by atoms with Crippen LogP contribution in [0.4, 0.5) is 5.82 Å². The Hall–Kier alpha value is -0.710. The highest BCUT2D eigenvalue weighted by atomic mass is 79.9. The minimum absolute atomic E-state index is 0.0274. The number of anilines is 1. The SMILES string of the molecule is CNc1ncc(Br)cc1S(=O)(=O)N1CCS(=O)(=O)CC1. The first-order valence-corrected chi connectivity index (χ1v) is 9.85. The van der Waals surface area contributed by atoms with E-state index in [2.05, 4.69) is 26.2 Å². The van der Waals surface area contributed by atoms with Crippen molar-refractivity contribution < 1.29 is 16.8 Å². The van der Waals surface area contributed by atoms with Crippen molar-refractivity contribution in [2.75, 3.05) is 37.0 Å².